The minimum absolute atomic E-state index is 0.0838. The van der Waals surface area contributed by atoms with Gasteiger partial charge in [-0.15, -0.1) is 0 Å². The van der Waals surface area contributed by atoms with E-state index in [-0.39, 0.29) is 41.8 Å². The number of aromatic carboxylic acids is 1. The molecule has 0 bridgehead atoms. The maximum Gasteiger partial charge on any atom is 0.337 e. The Morgan fingerprint density at radius 1 is 1.45 bits per heavy atom. The second-order valence-electron chi connectivity index (χ2n) is 4.76. The Balaban J connectivity index is 2.42. The van der Waals surface area contributed by atoms with Gasteiger partial charge >= 0.3 is 5.97 Å². The van der Waals surface area contributed by atoms with Crippen molar-refractivity contribution < 1.29 is 23.4 Å². The van der Waals surface area contributed by atoms with E-state index in [1.807, 2.05) is 0 Å². The fourth-order valence-electron chi connectivity index (χ4n) is 2.24. The molecule has 4 N–H and O–H groups in total. The number of anilines is 1. The predicted molar refractivity (Wildman–Crippen MR) is 71.8 cm³/mol. The molecule has 1 aromatic rings. The van der Waals surface area contributed by atoms with Gasteiger partial charge in [-0.05, 0) is 30.5 Å². The molecule has 0 spiro atoms. The summed E-state index contributed by atoms with van der Waals surface area (Å²) < 4.78 is 26.1. The number of carboxylic acid groups (broad SMARTS) is 1. The summed E-state index contributed by atoms with van der Waals surface area (Å²) in [6.07, 6.45) is 0.563. The zero-order valence-corrected chi connectivity index (χ0v) is 11.5. The van der Waals surface area contributed by atoms with Gasteiger partial charge in [-0.2, -0.15) is 4.31 Å². The van der Waals surface area contributed by atoms with E-state index < -0.39 is 16.0 Å². The number of nitrogens with zero attached hydrogens (tertiary/aromatic N) is 1. The number of carboxylic acids is 1. The lowest BCUT2D eigenvalue weighted by Gasteiger charge is -2.17. The Bertz CT molecular complexity index is 629. The molecule has 0 saturated carbocycles. The van der Waals surface area contributed by atoms with Crippen molar-refractivity contribution in [2.75, 3.05) is 25.4 Å². The van der Waals surface area contributed by atoms with Crippen molar-refractivity contribution in [3.8, 4) is 0 Å². The summed E-state index contributed by atoms with van der Waals surface area (Å²) >= 11 is 0. The standard InChI is InChI=1S/C12H16N2O5S/c13-9-1-2-11(10(5-9)12(16)17)20(18,19)14-4-3-8(6-14)7-15/h1-2,5,8,15H,3-4,6-7,13H2,(H,16,17). The van der Waals surface area contributed by atoms with Crippen molar-refractivity contribution >= 4 is 21.7 Å². The van der Waals surface area contributed by atoms with E-state index in [0.29, 0.717) is 6.42 Å². The van der Waals surface area contributed by atoms with Crippen LogP contribution in [-0.2, 0) is 10.0 Å². The van der Waals surface area contributed by atoms with Crippen LogP contribution in [0.4, 0.5) is 5.69 Å². The molecule has 7 nitrogen and oxygen atoms in total. The van der Waals surface area contributed by atoms with Crippen LogP contribution in [0.1, 0.15) is 16.8 Å². The number of nitrogens with two attached hydrogens (primary N) is 1. The fraction of sp³-hybridized carbons (Fsp3) is 0.417. The van der Waals surface area contributed by atoms with E-state index in [4.69, 9.17) is 15.9 Å². The highest BCUT2D eigenvalue weighted by Gasteiger charge is 2.34. The van der Waals surface area contributed by atoms with Gasteiger partial charge in [0.2, 0.25) is 10.0 Å². The zero-order chi connectivity index (χ0) is 14.9. The minimum atomic E-state index is -3.89. The molecule has 20 heavy (non-hydrogen) atoms. The third-order valence-electron chi connectivity index (χ3n) is 3.36. The van der Waals surface area contributed by atoms with Crippen molar-refractivity contribution in [1.82, 2.24) is 4.31 Å². The molecule has 0 aromatic heterocycles. The molecule has 0 amide bonds. The first-order valence-corrected chi connectivity index (χ1v) is 7.54. The summed E-state index contributed by atoms with van der Waals surface area (Å²) in [5, 5.41) is 18.2. The van der Waals surface area contributed by atoms with Gasteiger partial charge < -0.3 is 15.9 Å². The van der Waals surface area contributed by atoms with Gasteiger partial charge in [0.05, 0.1) is 10.5 Å². The normalized spacial score (nSPS) is 20.1. The lowest BCUT2D eigenvalue weighted by Crippen LogP contribution is -2.30. The quantitative estimate of drug-likeness (QED) is 0.671. The van der Waals surface area contributed by atoms with Gasteiger partial charge in [-0.1, -0.05) is 0 Å². The van der Waals surface area contributed by atoms with Crippen molar-refractivity contribution in [2.45, 2.75) is 11.3 Å². The van der Waals surface area contributed by atoms with Crippen molar-refractivity contribution in [3.63, 3.8) is 0 Å². The van der Waals surface area contributed by atoms with E-state index in [9.17, 15) is 13.2 Å². The first kappa shape index (κ1) is 14.8. The highest BCUT2D eigenvalue weighted by atomic mass is 32.2. The Kier molecular flexibility index (Phi) is 3.98. The van der Waals surface area contributed by atoms with Crippen LogP contribution in [0.15, 0.2) is 23.1 Å². The number of aliphatic hydroxyl groups is 1. The molecule has 110 valence electrons. The molecule has 2 rings (SSSR count). The van der Waals surface area contributed by atoms with Crippen LogP contribution in [0.5, 0.6) is 0 Å². The number of rotatable bonds is 4. The molecular formula is C12H16N2O5S. The first-order chi connectivity index (χ1) is 9.36. The van der Waals surface area contributed by atoms with Crippen LogP contribution in [0.2, 0.25) is 0 Å². The maximum atomic E-state index is 12.5. The van der Waals surface area contributed by atoms with E-state index >= 15 is 0 Å². The number of sulfonamides is 1. The molecule has 1 aliphatic heterocycles. The van der Waals surface area contributed by atoms with Crippen LogP contribution in [0, 0.1) is 5.92 Å². The number of benzene rings is 1. The largest absolute Gasteiger partial charge is 0.478 e. The molecule has 1 saturated heterocycles. The predicted octanol–water partition coefficient (Wildman–Crippen LogP) is -0.0301. The van der Waals surface area contributed by atoms with Crippen LogP contribution >= 0.6 is 0 Å². The molecule has 0 aliphatic carbocycles. The second kappa shape index (κ2) is 5.39. The maximum absolute atomic E-state index is 12.5. The van der Waals surface area contributed by atoms with Crippen molar-refractivity contribution in [2.24, 2.45) is 5.92 Å². The van der Waals surface area contributed by atoms with Crippen LogP contribution < -0.4 is 5.73 Å². The number of hydrogen-bond donors (Lipinski definition) is 3. The van der Waals surface area contributed by atoms with E-state index in [1.165, 1.54) is 16.4 Å². The van der Waals surface area contributed by atoms with Gasteiger partial charge in [0.25, 0.3) is 0 Å². The SMILES string of the molecule is Nc1ccc(S(=O)(=O)N2CCC(CO)C2)c(C(=O)O)c1. The Morgan fingerprint density at radius 3 is 2.70 bits per heavy atom. The average molecular weight is 300 g/mol. The lowest BCUT2D eigenvalue weighted by atomic mass is 10.1. The molecule has 1 aromatic carbocycles. The van der Waals surface area contributed by atoms with Crippen LogP contribution in [-0.4, -0.2) is 48.6 Å². The summed E-state index contributed by atoms with van der Waals surface area (Å²) in [7, 11) is -3.89. The van der Waals surface area contributed by atoms with Gasteiger partial charge in [0, 0.05) is 25.4 Å². The summed E-state index contributed by atoms with van der Waals surface area (Å²) in [6.45, 7) is 0.388. The first-order valence-electron chi connectivity index (χ1n) is 6.10. The Labute approximate surface area is 116 Å². The summed E-state index contributed by atoms with van der Waals surface area (Å²) in [6, 6.07) is 3.70. The summed E-state index contributed by atoms with van der Waals surface area (Å²) in [5.74, 6) is -1.44. The third-order valence-corrected chi connectivity index (χ3v) is 5.28. The minimum Gasteiger partial charge on any atom is -0.478 e. The Morgan fingerprint density at radius 2 is 2.15 bits per heavy atom. The molecular weight excluding hydrogens is 284 g/mol. The van der Waals surface area contributed by atoms with Gasteiger partial charge in [-0.25, -0.2) is 13.2 Å². The van der Waals surface area contributed by atoms with Gasteiger partial charge in [-0.3, -0.25) is 0 Å². The van der Waals surface area contributed by atoms with Gasteiger partial charge in [0.1, 0.15) is 0 Å². The molecule has 1 atom stereocenters. The van der Waals surface area contributed by atoms with E-state index in [1.54, 1.807) is 0 Å². The van der Waals surface area contributed by atoms with Gasteiger partial charge in [0.15, 0.2) is 0 Å². The van der Waals surface area contributed by atoms with Crippen LogP contribution in [0.3, 0.4) is 0 Å². The number of nitrogen functional groups attached to an aromatic ring is 1. The van der Waals surface area contributed by atoms with E-state index in [0.717, 1.165) is 6.07 Å². The smallest absolute Gasteiger partial charge is 0.337 e. The molecule has 1 aliphatic rings. The summed E-state index contributed by atoms with van der Waals surface area (Å²) in [4.78, 5) is 10.9. The molecule has 1 unspecified atom stereocenters. The fourth-order valence-corrected chi connectivity index (χ4v) is 3.94. The number of aliphatic hydroxyl groups excluding tert-OH is 1. The number of hydrogen-bond acceptors (Lipinski definition) is 5. The molecule has 1 fully saturated rings. The monoisotopic (exact) mass is 300 g/mol. The third kappa shape index (κ3) is 2.62. The zero-order valence-electron chi connectivity index (χ0n) is 10.7. The molecule has 1 heterocycles. The topological polar surface area (TPSA) is 121 Å². The highest BCUT2D eigenvalue weighted by molar-refractivity contribution is 7.89. The second-order valence-corrected chi connectivity index (χ2v) is 6.67. The van der Waals surface area contributed by atoms with Crippen molar-refractivity contribution in [1.29, 1.82) is 0 Å². The molecule has 0 radical (unpaired) electrons. The van der Waals surface area contributed by atoms with Crippen LogP contribution in [0.25, 0.3) is 0 Å². The summed E-state index contributed by atoms with van der Waals surface area (Å²) in [5.41, 5.74) is 5.36. The lowest BCUT2D eigenvalue weighted by molar-refractivity contribution is 0.0692. The Hall–Kier alpha value is -1.64. The number of carbonyl (C=O) groups is 1. The van der Waals surface area contributed by atoms with E-state index in [2.05, 4.69) is 0 Å². The average Bonchev–Trinajstić information content (AvgIpc) is 2.87. The molecule has 8 heteroatoms. The van der Waals surface area contributed by atoms with Crippen molar-refractivity contribution in [3.05, 3.63) is 23.8 Å². The highest BCUT2D eigenvalue weighted by Crippen LogP contribution is 2.27.